The topological polar surface area (TPSA) is 74.8 Å². The number of nitrogens with zero attached hydrogens (tertiary/aromatic N) is 1. The van der Waals surface area contributed by atoms with Crippen LogP contribution in [-0.2, 0) is 0 Å². The number of rotatable bonds is 9. The van der Waals surface area contributed by atoms with Gasteiger partial charge in [0.2, 0.25) is 0 Å². The average Bonchev–Trinajstić information content (AvgIpc) is 2.60. The minimum atomic E-state index is -0.0969. The molecule has 0 aliphatic heterocycles. The van der Waals surface area contributed by atoms with Gasteiger partial charge in [-0.05, 0) is 30.7 Å². The molecule has 1 aromatic rings. The average molecular weight is 320 g/mol. The predicted molar refractivity (Wildman–Crippen MR) is 94.2 cm³/mol. The molecule has 6 heteroatoms. The summed E-state index contributed by atoms with van der Waals surface area (Å²) in [6.45, 7) is 4.24. The zero-order chi connectivity index (χ0) is 16.9. The number of amides is 1. The SMILES string of the molecule is CCCCCNC(=NC)NCCNC(=O)c1ccc(OC)cc1. The second-order valence-corrected chi connectivity index (χ2v) is 5.12. The fourth-order valence-corrected chi connectivity index (χ4v) is 2.00. The van der Waals surface area contributed by atoms with Gasteiger partial charge in [0, 0.05) is 32.2 Å². The van der Waals surface area contributed by atoms with E-state index in [1.807, 2.05) is 0 Å². The molecule has 0 saturated heterocycles. The first-order chi connectivity index (χ1) is 11.2. The van der Waals surface area contributed by atoms with E-state index in [4.69, 9.17) is 4.74 Å². The summed E-state index contributed by atoms with van der Waals surface area (Å²) in [4.78, 5) is 16.1. The first kappa shape index (κ1) is 18.8. The highest BCUT2D eigenvalue weighted by Crippen LogP contribution is 2.10. The van der Waals surface area contributed by atoms with Gasteiger partial charge in [0.05, 0.1) is 7.11 Å². The lowest BCUT2D eigenvalue weighted by molar-refractivity contribution is 0.0954. The molecule has 23 heavy (non-hydrogen) atoms. The van der Waals surface area contributed by atoms with E-state index in [1.165, 1.54) is 12.8 Å². The van der Waals surface area contributed by atoms with Crippen LogP contribution >= 0.6 is 0 Å². The molecule has 6 nitrogen and oxygen atoms in total. The van der Waals surface area contributed by atoms with E-state index >= 15 is 0 Å². The Kier molecular flexibility index (Phi) is 9.28. The standard InChI is InChI=1S/C17H28N4O2/c1-4-5-6-11-20-17(18-2)21-13-12-19-16(22)14-7-9-15(23-3)10-8-14/h7-10H,4-6,11-13H2,1-3H3,(H,19,22)(H2,18,20,21). The predicted octanol–water partition coefficient (Wildman–Crippen LogP) is 1.78. The third kappa shape index (κ3) is 7.54. The van der Waals surface area contributed by atoms with Crippen LogP contribution in [0.3, 0.4) is 0 Å². The molecule has 0 aliphatic carbocycles. The molecule has 0 aromatic heterocycles. The quantitative estimate of drug-likeness (QED) is 0.368. The number of carbonyl (C=O) groups excluding carboxylic acids is 1. The van der Waals surface area contributed by atoms with Gasteiger partial charge in [-0.25, -0.2) is 0 Å². The largest absolute Gasteiger partial charge is 0.497 e. The van der Waals surface area contributed by atoms with Crippen LogP contribution in [0.1, 0.15) is 36.5 Å². The zero-order valence-electron chi connectivity index (χ0n) is 14.3. The molecule has 0 saturated carbocycles. The van der Waals surface area contributed by atoms with Gasteiger partial charge in [0.1, 0.15) is 5.75 Å². The summed E-state index contributed by atoms with van der Waals surface area (Å²) in [5.41, 5.74) is 0.618. The van der Waals surface area contributed by atoms with Crippen molar-refractivity contribution in [3.8, 4) is 5.75 Å². The molecule has 1 rings (SSSR count). The fourth-order valence-electron chi connectivity index (χ4n) is 2.00. The Morgan fingerprint density at radius 1 is 1.04 bits per heavy atom. The monoisotopic (exact) mass is 320 g/mol. The van der Waals surface area contributed by atoms with Gasteiger partial charge in [-0.3, -0.25) is 9.79 Å². The number of carbonyl (C=O) groups is 1. The highest BCUT2D eigenvalue weighted by atomic mass is 16.5. The van der Waals surface area contributed by atoms with Crippen molar-refractivity contribution < 1.29 is 9.53 Å². The molecule has 0 heterocycles. The summed E-state index contributed by atoms with van der Waals surface area (Å²) in [6, 6.07) is 7.04. The molecule has 128 valence electrons. The minimum absolute atomic E-state index is 0.0969. The Morgan fingerprint density at radius 3 is 2.30 bits per heavy atom. The van der Waals surface area contributed by atoms with Crippen molar-refractivity contribution in [2.45, 2.75) is 26.2 Å². The summed E-state index contributed by atoms with van der Waals surface area (Å²) >= 11 is 0. The normalized spacial score (nSPS) is 11.0. The molecule has 0 bridgehead atoms. The summed E-state index contributed by atoms with van der Waals surface area (Å²) in [6.07, 6.45) is 3.54. The molecule has 0 fully saturated rings. The molecular formula is C17H28N4O2. The van der Waals surface area contributed by atoms with Crippen molar-refractivity contribution in [1.29, 1.82) is 0 Å². The van der Waals surface area contributed by atoms with E-state index in [9.17, 15) is 4.79 Å². The van der Waals surface area contributed by atoms with Gasteiger partial charge < -0.3 is 20.7 Å². The summed E-state index contributed by atoms with van der Waals surface area (Å²) in [7, 11) is 3.34. The number of unbranched alkanes of at least 4 members (excludes halogenated alkanes) is 2. The number of guanidine groups is 1. The number of aliphatic imine (C=N–C) groups is 1. The Labute approximate surface area is 138 Å². The third-order valence-electron chi connectivity index (χ3n) is 3.35. The van der Waals surface area contributed by atoms with E-state index in [0.29, 0.717) is 18.7 Å². The van der Waals surface area contributed by atoms with Crippen LogP contribution in [0, 0.1) is 0 Å². The van der Waals surface area contributed by atoms with Crippen LogP contribution in [0.2, 0.25) is 0 Å². The van der Waals surface area contributed by atoms with Gasteiger partial charge in [0.25, 0.3) is 5.91 Å². The van der Waals surface area contributed by atoms with Crippen molar-refractivity contribution >= 4 is 11.9 Å². The van der Waals surface area contributed by atoms with Gasteiger partial charge in [-0.15, -0.1) is 0 Å². The summed E-state index contributed by atoms with van der Waals surface area (Å²) in [5.74, 6) is 1.40. The molecule has 0 spiro atoms. The Balaban J connectivity index is 2.23. The molecule has 0 radical (unpaired) electrons. The van der Waals surface area contributed by atoms with Crippen molar-refractivity contribution in [1.82, 2.24) is 16.0 Å². The molecule has 3 N–H and O–H groups in total. The molecular weight excluding hydrogens is 292 g/mol. The Hall–Kier alpha value is -2.24. The van der Waals surface area contributed by atoms with Crippen molar-refractivity contribution in [2.24, 2.45) is 4.99 Å². The molecule has 0 atom stereocenters. The van der Waals surface area contributed by atoms with Crippen LogP contribution in [0.25, 0.3) is 0 Å². The van der Waals surface area contributed by atoms with E-state index in [1.54, 1.807) is 38.4 Å². The maximum Gasteiger partial charge on any atom is 0.251 e. The van der Waals surface area contributed by atoms with Crippen LogP contribution in [0.15, 0.2) is 29.3 Å². The molecule has 1 amide bonds. The number of methoxy groups -OCH3 is 1. The Bertz CT molecular complexity index is 486. The van der Waals surface area contributed by atoms with Crippen molar-refractivity contribution in [3.05, 3.63) is 29.8 Å². The fraction of sp³-hybridized carbons (Fsp3) is 0.529. The lowest BCUT2D eigenvalue weighted by Crippen LogP contribution is -2.41. The molecule has 0 unspecified atom stereocenters. The molecule has 1 aromatic carbocycles. The van der Waals surface area contributed by atoms with Gasteiger partial charge in [-0.1, -0.05) is 19.8 Å². The van der Waals surface area contributed by atoms with Gasteiger partial charge in [0.15, 0.2) is 5.96 Å². The van der Waals surface area contributed by atoms with E-state index in [0.717, 1.165) is 24.7 Å². The minimum Gasteiger partial charge on any atom is -0.497 e. The van der Waals surface area contributed by atoms with Crippen molar-refractivity contribution in [3.63, 3.8) is 0 Å². The van der Waals surface area contributed by atoms with Crippen LogP contribution in [0.5, 0.6) is 5.75 Å². The van der Waals surface area contributed by atoms with Gasteiger partial charge in [-0.2, -0.15) is 0 Å². The van der Waals surface area contributed by atoms with Crippen LogP contribution < -0.4 is 20.7 Å². The third-order valence-corrected chi connectivity index (χ3v) is 3.35. The first-order valence-corrected chi connectivity index (χ1v) is 8.08. The highest BCUT2D eigenvalue weighted by Gasteiger charge is 2.04. The van der Waals surface area contributed by atoms with Gasteiger partial charge >= 0.3 is 0 Å². The first-order valence-electron chi connectivity index (χ1n) is 8.08. The number of hydrogen-bond donors (Lipinski definition) is 3. The number of ether oxygens (including phenoxy) is 1. The van der Waals surface area contributed by atoms with Crippen LogP contribution in [0.4, 0.5) is 0 Å². The lowest BCUT2D eigenvalue weighted by Gasteiger charge is -2.12. The van der Waals surface area contributed by atoms with E-state index < -0.39 is 0 Å². The maximum atomic E-state index is 12.0. The van der Waals surface area contributed by atoms with Crippen LogP contribution in [-0.4, -0.2) is 45.7 Å². The maximum absolute atomic E-state index is 12.0. The second-order valence-electron chi connectivity index (χ2n) is 5.12. The van der Waals surface area contributed by atoms with E-state index in [2.05, 4.69) is 27.9 Å². The highest BCUT2D eigenvalue weighted by molar-refractivity contribution is 5.94. The number of nitrogens with one attached hydrogen (secondary N) is 3. The number of hydrogen-bond acceptors (Lipinski definition) is 3. The smallest absolute Gasteiger partial charge is 0.251 e. The lowest BCUT2D eigenvalue weighted by atomic mass is 10.2. The zero-order valence-corrected chi connectivity index (χ0v) is 14.3. The number of benzene rings is 1. The summed E-state index contributed by atoms with van der Waals surface area (Å²) < 4.78 is 5.07. The second kappa shape index (κ2) is 11.3. The van der Waals surface area contributed by atoms with E-state index in [-0.39, 0.29) is 5.91 Å². The van der Waals surface area contributed by atoms with Crippen molar-refractivity contribution in [2.75, 3.05) is 33.8 Å². The summed E-state index contributed by atoms with van der Waals surface area (Å²) in [5, 5.41) is 9.29. The molecule has 0 aliphatic rings. The Morgan fingerprint density at radius 2 is 1.70 bits per heavy atom.